The second-order valence-corrected chi connectivity index (χ2v) is 3.85. The zero-order chi connectivity index (χ0) is 12.3. The van der Waals surface area contributed by atoms with Crippen molar-refractivity contribution in [2.75, 3.05) is 13.2 Å². The van der Waals surface area contributed by atoms with Gasteiger partial charge in [0.25, 0.3) is 5.69 Å². The second kappa shape index (κ2) is 5.09. The first-order valence-corrected chi connectivity index (χ1v) is 5.34. The van der Waals surface area contributed by atoms with Gasteiger partial charge in [-0.3, -0.25) is 10.1 Å². The van der Waals surface area contributed by atoms with E-state index < -0.39 is 10.7 Å². The Balaban J connectivity index is 2.01. The number of hydrogen-bond donors (Lipinski definition) is 0. The minimum Gasteiger partial charge on any atom is -0.491 e. The van der Waals surface area contributed by atoms with E-state index >= 15 is 0 Å². The van der Waals surface area contributed by atoms with Crippen LogP contribution in [0.2, 0.25) is 0 Å². The van der Waals surface area contributed by atoms with Gasteiger partial charge in [-0.1, -0.05) is 0 Å². The summed E-state index contributed by atoms with van der Waals surface area (Å²) >= 11 is 0. The third-order valence-electron chi connectivity index (χ3n) is 2.53. The molecular weight excluding hydrogens is 229 g/mol. The maximum Gasteiger partial charge on any atom is 0.276 e. The third-order valence-corrected chi connectivity index (χ3v) is 2.53. The Hall–Kier alpha value is -1.69. The average molecular weight is 241 g/mol. The van der Waals surface area contributed by atoms with Gasteiger partial charge < -0.3 is 9.47 Å². The second-order valence-electron chi connectivity index (χ2n) is 3.85. The lowest BCUT2D eigenvalue weighted by Gasteiger charge is -2.11. The fourth-order valence-electron chi connectivity index (χ4n) is 1.70. The first-order valence-electron chi connectivity index (χ1n) is 5.34. The molecule has 1 fully saturated rings. The quantitative estimate of drug-likeness (QED) is 0.599. The van der Waals surface area contributed by atoms with E-state index in [2.05, 4.69) is 0 Å². The van der Waals surface area contributed by atoms with E-state index in [9.17, 15) is 14.5 Å². The molecule has 0 aromatic heterocycles. The maximum atomic E-state index is 13.1. The Morgan fingerprint density at radius 2 is 2.35 bits per heavy atom. The van der Waals surface area contributed by atoms with Crippen LogP contribution in [0, 0.1) is 15.9 Å². The van der Waals surface area contributed by atoms with Gasteiger partial charge in [0.1, 0.15) is 18.2 Å². The fourth-order valence-corrected chi connectivity index (χ4v) is 1.70. The Kier molecular flexibility index (Phi) is 3.53. The number of ether oxygens (including phenoxy) is 2. The number of nitrogens with zero attached hydrogens (tertiary/aromatic N) is 1. The molecule has 0 amide bonds. The summed E-state index contributed by atoms with van der Waals surface area (Å²) in [5.41, 5.74) is -0.313. The molecule has 1 aliphatic heterocycles. The normalized spacial score (nSPS) is 19.2. The van der Waals surface area contributed by atoms with Crippen LogP contribution in [0.3, 0.4) is 0 Å². The van der Waals surface area contributed by atoms with Crippen molar-refractivity contribution in [3.05, 3.63) is 34.1 Å². The summed E-state index contributed by atoms with van der Waals surface area (Å²) in [4.78, 5) is 9.87. The van der Waals surface area contributed by atoms with Crippen molar-refractivity contribution in [3.8, 4) is 5.75 Å². The van der Waals surface area contributed by atoms with Gasteiger partial charge in [-0.25, -0.2) is 4.39 Å². The van der Waals surface area contributed by atoms with Crippen LogP contribution in [-0.2, 0) is 4.74 Å². The lowest BCUT2D eigenvalue weighted by molar-refractivity contribution is -0.385. The van der Waals surface area contributed by atoms with E-state index in [4.69, 9.17) is 9.47 Å². The molecular formula is C11H12FNO4. The fraction of sp³-hybridized carbons (Fsp3) is 0.455. The molecule has 5 nitrogen and oxygen atoms in total. The Bertz CT molecular complexity index is 418. The van der Waals surface area contributed by atoms with E-state index in [0.29, 0.717) is 13.2 Å². The average Bonchev–Trinajstić information content (AvgIpc) is 2.78. The van der Waals surface area contributed by atoms with Crippen LogP contribution in [0.5, 0.6) is 5.75 Å². The maximum absolute atomic E-state index is 13.1. The number of nitro benzene ring substituents is 1. The monoisotopic (exact) mass is 241 g/mol. The SMILES string of the molecule is O=[N+]([O-])c1cc(F)cc(OCC2CCCO2)c1. The molecule has 1 heterocycles. The van der Waals surface area contributed by atoms with Gasteiger partial charge in [0.2, 0.25) is 0 Å². The molecule has 1 aromatic rings. The van der Waals surface area contributed by atoms with Crippen LogP contribution >= 0.6 is 0 Å². The minimum absolute atomic E-state index is 0.00248. The van der Waals surface area contributed by atoms with E-state index in [-0.39, 0.29) is 17.5 Å². The first kappa shape index (κ1) is 11.8. The molecule has 92 valence electrons. The van der Waals surface area contributed by atoms with Crippen LogP contribution in [0.4, 0.5) is 10.1 Å². The summed E-state index contributed by atoms with van der Waals surface area (Å²) in [6.45, 7) is 0.998. The van der Waals surface area contributed by atoms with Gasteiger partial charge in [-0.05, 0) is 12.8 Å². The van der Waals surface area contributed by atoms with Crippen LogP contribution in [0.15, 0.2) is 18.2 Å². The smallest absolute Gasteiger partial charge is 0.276 e. The number of rotatable bonds is 4. The molecule has 0 radical (unpaired) electrons. The molecule has 2 rings (SSSR count). The summed E-state index contributed by atoms with van der Waals surface area (Å²) in [6.07, 6.45) is 1.88. The molecule has 0 aliphatic carbocycles. The minimum atomic E-state index is -0.679. The molecule has 1 aliphatic rings. The Morgan fingerprint density at radius 3 is 3.00 bits per heavy atom. The van der Waals surface area contributed by atoms with Gasteiger partial charge in [0.15, 0.2) is 0 Å². The van der Waals surface area contributed by atoms with E-state index in [1.165, 1.54) is 6.07 Å². The summed E-state index contributed by atoms with van der Waals surface area (Å²) in [5, 5.41) is 10.5. The molecule has 1 saturated heterocycles. The molecule has 1 unspecified atom stereocenters. The molecule has 0 N–H and O–H groups in total. The highest BCUT2D eigenvalue weighted by atomic mass is 19.1. The van der Waals surface area contributed by atoms with E-state index in [0.717, 1.165) is 25.0 Å². The predicted molar refractivity (Wildman–Crippen MR) is 57.5 cm³/mol. The Morgan fingerprint density at radius 1 is 1.53 bits per heavy atom. The zero-order valence-electron chi connectivity index (χ0n) is 9.10. The van der Waals surface area contributed by atoms with Gasteiger partial charge in [0.05, 0.1) is 23.2 Å². The highest BCUT2D eigenvalue weighted by Crippen LogP contribution is 2.23. The molecule has 1 atom stereocenters. The predicted octanol–water partition coefficient (Wildman–Crippen LogP) is 2.29. The van der Waals surface area contributed by atoms with Crippen LogP contribution in [-0.4, -0.2) is 24.2 Å². The van der Waals surface area contributed by atoms with Gasteiger partial charge >= 0.3 is 0 Å². The number of benzene rings is 1. The highest BCUT2D eigenvalue weighted by molar-refractivity contribution is 5.38. The number of halogens is 1. The summed E-state index contributed by atoms with van der Waals surface area (Å²) < 4.78 is 23.7. The largest absolute Gasteiger partial charge is 0.491 e. The molecule has 0 bridgehead atoms. The first-order chi connectivity index (χ1) is 8.15. The van der Waals surface area contributed by atoms with Crippen molar-refractivity contribution in [1.82, 2.24) is 0 Å². The van der Waals surface area contributed by atoms with Crippen LogP contribution in [0.25, 0.3) is 0 Å². The Labute approximate surface area is 97.3 Å². The summed E-state index contributed by atoms with van der Waals surface area (Å²) in [7, 11) is 0. The van der Waals surface area contributed by atoms with Crippen molar-refractivity contribution in [2.24, 2.45) is 0 Å². The van der Waals surface area contributed by atoms with Gasteiger partial charge in [0, 0.05) is 12.7 Å². The molecule has 6 heteroatoms. The third kappa shape index (κ3) is 3.13. The van der Waals surface area contributed by atoms with Crippen molar-refractivity contribution in [1.29, 1.82) is 0 Å². The van der Waals surface area contributed by atoms with Crippen molar-refractivity contribution >= 4 is 5.69 Å². The van der Waals surface area contributed by atoms with Gasteiger partial charge in [-0.2, -0.15) is 0 Å². The summed E-state index contributed by atoms with van der Waals surface area (Å²) in [5.74, 6) is -0.520. The zero-order valence-corrected chi connectivity index (χ0v) is 9.10. The highest BCUT2D eigenvalue weighted by Gasteiger charge is 2.17. The lowest BCUT2D eigenvalue weighted by atomic mass is 10.2. The number of nitro groups is 1. The topological polar surface area (TPSA) is 61.6 Å². The van der Waals surface area contributed by atoms with Crippen LogP contribution in [0.1, 0.15) is 12.8 Å². The van der Waals surface area contributed by atoms with E-state index in [1.807, 2.05) is 0 Å². The van der Waals surface area contributed by atoms with Crippen molar-refractivity contribution < 1.29 is 18.8 Å². The number of non-ortho nitro benzene ring substituents is 1. The van der Waals surface area contributed by atoms with Gasteiger partial charge in [-0.15, -0.1) is 0 Å². The lowest BCUT2D eigenvalue weighted by Crippen LogP contribution is -2.16. The molecule has 0 spiro atoms. The summed E-state index contributed by atoms with van der Waals surface area (Å²) in [6, 6.07) is 3.19. The molecule has 1 aromatic carbocycles. The standard InChI is InChI=1S/C11H12FNO4/c12-8-4-9(13(14)15)6-11(5-8)17-7-10-2-1-3-16-10/h4-6,10H,1-3,7H2. The van der Waals surface area contributed by atoms with Crippen LogP contribution < -0.4 is 4.74 Å². The molecule has 0 saturated carbocycles. The number of hydrogen-bond acceptors (Lipinski definition) is 4. The van der Waals surface area contributed by atoms with Crippen molar-refractivity contribution in [3.63, 3.8) is 0 Å². The van der Waals surface area contributed by atoms with E-state index in [1.54, 1.807) is 0 Å². The van der Waals surface area contributed by atoms with Crippen molar-refractivity contribution in [2.45, 2.75) is 18.9 Å². The molecule has 17 heavy (non-hydrogen) atoms.